The Balaban J connectivity index is 1.79. The van der Waals surface area contributed by atoms with Crippen molar-refractivity contribution >= 4 is 23.2 Å². The number of hydrogen-bond donors (Lipinski definition) is 6. The van der Waals surface area contributed by atoms with E-state index in [1.54, 1.807) is 14.1 Å². The number of likely N-dealkylation sites (N-methyl/N-ethyl adjacent to an activating group) is 1. The lowest BCUT2D eigenvalue weighted by Crippen LogP contribution is -2.65. The largest absolute Gasteiger partial charge is 0.508 e. The van der Waals surface area contributed by atoms with Crippen LogP contribution in [0.25, 0.3) is 16.9 Å². The van der Waals surface area contributed by atoms with Crippen molar-refractivity contribution in [2.75, 3.05) is 14.1 Å². The third-order valence-corrected chi connectivity index (χ3v) is 9.03. The summed E-state index contributed by atoms with van der Waals surface area (Å²) in [5.74, 6) is -6.67. The number of phenols is 1. The molecule has 0 spiro atoms. The first-order valence-corrected chi connectivity index (χ1v) is 13.9. The van der Waals surface area contributed by atoms with E-state index in [4.69, 9.17) is 11.5 Å². The van der Waals surface area contributed by atoms with Crippen molar-refractivity contribution < 1.29 is 34.8 Å². The number of benzene rings is 2. The molecule has 10 nitrogen and oxygen atoms in total. The number of nitrogens with zero attached hydrogens (tertiary/aromatic N) is 1. The van der Waals surface area contributed by atoms with Gasteiger partial charge in [-0.15, -0.1) is 0 Å². The van der Waals surface area contributed by atoms with Gasteiger partial charge in [-0.2, -0.15) is 0 Å². The molecule has 2 unspecified atom stereocenters. The van der Waals surface area contributed by atoms with Crippen LogP contribution in [0, 0.1) is 11.8 Å². The molecule has 5 rings (SSSR count). The van der Waals surface area contributed by atoms with E-state index >= 15 is 0 Å². The molecule has 0 aromatic heterocycles. The van der Waals surface area contributed by atoms with Gasteiger partial charge in [0.15, 0.2) is 11.4 Å². The molecule has 0 aliphatic heterocycles. The van der Waals surface area contributed by atoms with Crippen LogP contribution in [0.3, 0.4) is 0 Å². The van der Waals surface area contributed by atoms with E-state index in [0.717, 1.165) is 16.7 Å². The van der Waals surface area contributed by atoms with Crippen LogP contribution in [-0.4, -0.2) is 68.5 Å². The second kappa shape index (κ2) is 9.79. The molecule has 1 fully saturated rings. The molecule has 42 heavy (non-hydrogen) atoms. The first kappa shape index (κ1) is 29.5. The van der Waals surface area contributed by atoms with E-state index < -0.39 is 63.5 Å². The minimum absolute atomic E-state index is 0.0269. The highest BCUT2D eigenvalue weighted by molar-refractivity contribution is 6.24. The molecule has 0 radical (unpaired) electrons. The Morgan fingerprint density at radius 2 is 1.71 bits per heavy atom. The van der Waals surface area contributed by atoms with E-state index in [1.165, 1.54) is 4.90 Å². The van der Waals surface area contributed by atoms with Crippen molar-refractivity contribution in [1.29, 1.82) is 0 Å². The van der Waals surface area contributed by atoms with Gasteiger partial charge in [-0.25, -0.2) is 0 Å². The van der Waals surface area contributed by atoms with Gasteiger partial charge in [0.05, 0.1) is 11.6 Å². The lowest BCUT2D eigenvalue weighted by molar-refractivity contribution is -0.153. The van der Waals surface area contributed by atoms with E-state index in [2.05, 4.69) is 0 Å². The Bertz CT molecular complexity index is 1600. The van der Waals surface area contributed by atoms with Gasteiger partial charge in [-0.3, -0.25) is 19.3 Å². The lowest BCUT2D eigenvalue weighted by Gasteiger charge is -2.50. The summed E-state index contributed by atoms with van der Waals surface area (Å²) in [6, 6.07) is 8.39. The molecule has 8 N–H and O–H groups in total. The molecule has 1 saturated carbocycles. The fourth-order valence-electron chi connectivity index (χ4n) is 6.96. The zero-order valence-corrected chi connectivity index (χ0v) is 24.4. The number of nitrogens with two attached hydrogens (primary N) is 2. The highest BCUT2D eigenvalue weighted by Gasteiger charge is 2.64. The number of amides is 1. The van der Waals surface area contributed by atoms with Gasteiger partial charge in [0, 0.05) is 23.6 Å². The molecular weight excluding hydrogens is 538 g/mol. The minimum Gasteiger partial charge on any atom is -0.508 e. The van der Waals surface area contributed by atoms with Gasteiger partial charge in [-0.1, -0.05) is 45.0 Å². The maximum atomic E-state index is 14.2. The summed E-state index contributed by atoms with van der Waals surface area (Å²) in [5, 5.41) is 46.2. The fourth-order valence-corrected chi connectivity index (χ4v) is 6.96. The Labute approximate surface area is 243 Å². The average Bonchev–Trinajstić information content (AvgIpc) is 2.90. The summed E-state index contributed by atoms with van der Waals surface area (Å²) in [7, 11) is 3.14. The fraction of sp³-hybridized carbons (Fsp3) is 0.406. The van der Waals surface area contributed by atoms with Gasteiger partial charge < -0.3 is 31.9 Å². The molecule has 222 valence electrons. The number of hydrogen-bond acceptors (Lipinski definition) is 9. The van der Waals surface area contributed by atoms with Crippen molar-refractivity contribution in [3.8, 4) is 16.9 Å². The number of ketones is 2. The van der Waals surface area contributed by atoms with E-state index in [0.29, 0.717) is 17.7 Å². The molecule has 4 atom stereocenters. The van der Waals surface area contributed by atoms with Crippen LogP contribution in [0.4, 0.5) is 0 Å². The van der Waals surface area contributed by atoms with Crippen molar-refractivity contribution in [3.05, 3.63) is 69.5 Å². The first-order chi connectivity index (χ1) is 19.5. The Hall–Kier alpha value is -3.99. The quantitative estimate of drug-likeness (QED) is 0.298. The van der Waals surface area contributed by atoms with Gasteiger partial charge in [0.25, 0.3) is 5.91 Å². The summed E-state index contributed by atoms with van der Waals surface area (Å²) in [6.45, 7) is 6.12. The maximum Gasteiger partial charge on any atom is 0.255 e. The predicted octanol–water partition coefficient (Wildman–Crippen LogP) is 2.39. The van der Waals surface area contributed by atoms with Crippen LogP contribution in [0.15, 0.2) is 47.2 Å². The molecule has 2 aromatic carbocycles. The molecule has 1 amide bonds. The third kappa shape index (κ3) is 4.08. The lowest BCUT2D eigenvalue weighted by atomic mass is 9.57. The molecule has 10 heteroatoms. The van der Waals surface area contributed by atoms with Crippen LogP contribution in [0.2, 0.25) is 0 Å². The van der Waals surface area contributed by atoms with Crippen molar-refractivity contribution in [2.24, 2.45) is 23.3 Å². The monoisotopic (exact) mass is 575 g/mol. The summed E-state index contributed by atoms with van der Waals surface area (Å²) in [4.78, 5) is 41.2. The van der Waals surface area contributed by atoms with Crippen LogP contribution in [0.1, 0.15) is 49.4 Å². The third-order valence-electron chi connectivity index (χ3n) is 9.03. The number of aliphatic hydroxyl groups excluding tert-OH is 2. The van der Waals surface area contributed by atoms with E-state index in [-0.39, 0.29) is 29.7 Å². The van der Waals surface area contributed by atoms with Crippen molar-refractivity contribution in [3.63, 3.8) is 0 Å². The minimum atomic E-state index is -2.68. The zero-order chi connectivity index (χ0) is 31.0. The normalized spacial score (nSPS) is 25.9. The Kier molecular flexibility index (Phi) is 6.88. The second-order valence-electron chi connectivity index (χ2n) is 12.8. The van der Waals surface area contributed by atoms with Crippen LogP contribution >= 0.6 is 0 Å². The first-order valence-electron chi connectivity index (χ1n) is 13.9. The van der Waals surface area contributed by atoms with E-state index in [1.807, 2.05) is 51.1 Å². The number of carbonyl (C=O) groups is 3. The van der Waals surface area contributed by atoms with Crippen molar-refractivity contribution in [2.45, 2.75) is 57.2 Å². The topological polar surface area (TPSA) is 187 Å². The molecule has 0 heterocycles. The van der Waals surface area contributed by atoms with Gasteiger partial charge in [0.2, 0.25) is 5.78 Å². The van der Waals surface area contributed by atoms with Gasteiger partial charge >= 0.3 is 0 Å². The smallest absolute Gasteiger partial charge is 0.255 e. The van der Waals surface area contributed by atoms with Crippen LogP contribution < -0.4 is 11.5 Å². The predicted molar refractivity (Wildman–Crippen MR) is 156 cm³/mol. The second-order valence-corrected chi connectivity index (χ2v) is 12.8. The van der Waals surface area contributed by atoms with Crippen LogP contribution in [0.5, 0.6) is 5.75 Å². The molecule has 3 aliphatic rings. The Morgan fingerprint density at radius 1 is 1.10 bits per heavy atom. The number of phenolic OH excluding ortho intramolecular Hbond substituents is 1. The molecule has 2 aromatic rings. The standard InChI is InChI=1S/C32H37N3O7/c1-31(2,3)20-12-17(15-8-6-14(13-33)7-9-15)18-10-16-11-19-24(35(4)5)27(38)23(30(34)41)29(40)32(19,42)28(39)21(16)26(37)22(18)25(20)36/h6-9,12,16,19,24,36-37,40,42H,10-11,13,33H2,1-5H3,(H2,34,41)/t16?,19?,24-,32-/m0/s1. The number of Topliss-reactive ketones (excluding diaryl/α,β-unsaturated/α-hetero) is 2. The molecule has 3 aliphatic carbocycles. The number of primary amides is 1. The Morgan fingerprint density at radius 3 is 2.24 bits per heavy atom. The van der Waals surface area contributed by atoms with E-state index in [9.17, 15) is 34.8 Å². The molecular formula is C32H37N3O7. The summed E-state index contributed by atoms with van der Waals surface area (Å²) < 4.78 is 0. The number of aromatic hydroxyl groups is 1. The molecule has 0 saturated heterocycles. The molecule has 0 bridgehead atoms. The zero-order valence-electron chi connectivity index (χ0n) is 24.4. The highest BCUT2D eigenvalue weighted by atomic mass is 16.3. The number of aliphatic hydroxyl groups is 3. The summed E-state index contributed by atoms with van der Waals surface area (Å²) >= 11 is 0. The summed E-state index contributed by atoms with van der Waals surface area (Å²) in [6.07, 6.45) is 0.236. The summed E-state index contributed by atoms with van der Waals surface area (Å²) in [5.41, 5.74) is 10.7. The SMILES string of the molecule is CN(C)[C@@H]1C(=O)C(C(N)=O)=C(O)[C@@]2(O)C(=O)C3=C(O)c4c(O)c(C(C)(C)C)cc(-c5ccc(CN)cc5)c4CC3CC12. The van der Waals surface area contributed by atoms with Gasteiger partial charge in [-0.05, 0) is 66.6 Å². The number of rotatable bonds is 4. The highest BCUT2D eigenvalue weighted by Crippen LogP contribution is 2.54. The van der Waals surface area contributed by atoms with Gasteiger partial charge in [0.1, 0.15) is 22.8 Å². The average molecular weight is 576 g/mol. The number of carbonyl (C=O) groups excluding carboxylic acids is 3. The van der Waals surface area contributed by atoms with Crippen molar-refractivity contribution in [1.82, 2.24) is 4.90 Å². The number of fused-ring (bicyclic) bond motifs is 3. The maximum absolute atomic E-state index is 14.2. The van der Waals surface area contributed by atoms with Crippen LogP contribution in [-0.2, 0) is 32.8 Å².